The molecule has 0 saturated carbocycles. The molecule has 0 unspecified atom stereocenters. The van der Waals surface area contributed by atoms with E-state index in [4.69, 9.17) is 0 Å². The number of carbonyl (C=O) groups excluding carboxylic acids is 2. The van der Waals surface area contributed by atoms with Crippen molar-refractivity contribution in [3.05, 3.63) is 49.5 Å². The molecule has 36 heavy (non-hydrogen) atoms. The Kier molecular flexibility index (Phi) is 9.17. The van der Waals surface area contributed by atoms with Gasteiger partial charge in [-0.25, -0.2) is 4.98 Å². The highest BCUT2D eigenvalue weighted by Crippen LogP contribution is 2.17. The van der Waals surface area contributed by atoms with Crippen LogP contribution in [0.25, 0.3) is 11.5 Å². The third-order valence-corrected chi connectivity index (χ3v) is 5.73. The van der Waals surface area contributed by atoms with Gasteiger partial charge in [0.15, 0.2) is 5.57 Å². The average molecular weight is 511 g/mol. The lowest BCUT2D eigenvalue weighted by Crippen LogP contribution is -2.46. The van der Waals surface area contributed by atoms with E-state index in [0.29, 0.717) is 18.2 Å². The van der Waals surface area contributed by atoms with Gasteiger partial charge < -0.3 is 21.1 Å². The van der Waals surface area contributed by atoms with Crippen LogP contribution in [-0.2, 0) is 16.1 Å². The van der Waals surface area contributed by atoms with Crippen molar-refractivity contribution in [2.75, 3.05) is 17.2 Å². The number of thiazole rings is 1. The summed E-state index contributed by atoms with van der Waals surface area (Å²) in [5, 5.41) is 27.0. The smallest absolute Gasteiger partial charge is 0.277 e. The minimum Gasteiger partial charge on any atom is -0.394 e. The minimum atomic E-state index is -0.922. The Morgan fingerprint density at radius 2 is 1.89 bits per heavy atom. The molecule has 2 aromatic heterocycles. The number of pyridine rings is 1. The standard InChI is InChI=1S/C25H30N6O4S/c1-7-31-20(13-16(14-26)21(33)30-25(5,6)15-32)36-17(22(31)34)11-12-27-18-9-8-10-19(28-18)29-23(35)24(2,3)4/h8-10,12,32H,7,15H2,1-6H3,(H,30,33)(H2,27,28,29,35). The van der Waals surface area contributed by atoms with E-state index >= 15 is 0 Å². The van der Waals surface area contributed by atoms with Crippen molar-refractivity contribution in [2.45, 2.75) is 53.6 Å². The molecule has 0 atom stereocenters. The Hall–Kier alpha value is -3.93. The van der Waals surface area contributed by atoms with Crippen molar-refractivity contribution in [1.29, 1.82) is 5.26 Å². The van der Waals surface area contributed by atoms with Crippen LogP contribution in [0.15, 0.2) is 34.8 Å². The molecule has 190 valence electrons. The molecule has 0 bridgehead atoms. The van der Waals surface area contributed by atoms with Crippen LogP contribution in [0.5, 0.6) is 0 Å². The average Bonchev–Trinajstić information content (AvgIpc) is 3.10. The summed E-state index contributed by atoms with van der Waals surface area (Å²) in [7, 11) is 0. The van der Waals surface area contributed by atoms with Gasteiger partial charge in [0.05, 0.1) is 12.1 Å². The zero-order chi connectivity index (χ0) is 27.1. The Bertz CT molecular complexity index is 1440. The number of carbonyl (C=O) groups is 2. The van der Waals surface area contributed by atoms with Gasteiger partial charge in [-0.05, 0) is 32.9 Å². The van der Waals surface area contributed by atoms with Gasteiger partial charge in [0.25, 0.3) is 11.5 Å². The number of aliphatic hydroxyl groups excluding tert-OH is 1. The third-order valence-electron chi connectivity index (χ3n) is 4.71. The maximum atomic E-state index is 12.8. The monoisotopic (exact) mass is 510 g/mol. The first-order valence-corrected chi connectivity index (χ1v) is 12.0. The Labute approximate surface area is 213 Å². The Balaban J connectivity index is 2.44. The minimum absolute atomic E-state index is 0.171. The van der Waals surface area contributed by atoms with Crippen LogP contribution in [0, 0.1) is 16.7 Å². The van der Waals surface area contributed by atoms with Gasteiger partial charge in [-0.2, -0.15) is 5.26 Å². The fourth-order valence-electron chi connectivity index (χ4n) is 2.60. The summed E-state index contributed by atoms with van der Waals surface area (Å²) < 4.78 is 1.90. The van der Waals surface area contributed by atoms with Gasteiger partial charge in [0.2, 0.25) is 5.91 Å². The van der Waals surface area contributed by atoms with Crippen LogP contribution in [0.3, 0.4) is 0 Å². The first kappa shape index (κ1) is 28.3. The number of nitrogens with zero attached hydrogens (tertiary/aromatic N) is 3. The van der Waals surface area contributed by atoms with Crippen LogP contribution in [0.1, 0.15) is 41.5 Å². The number of hydrogen-bond donors (Lipinski definition) is 4. The van der Waals surface area contributed by atoms with Gasteiger partial charge in [0.1, 0.15) is 26.9 Å². The summed E-state index contributed by atoms with van der Waals surface area (Å²) in [5.74, 6) is -0.0582. The molecule has 2 aromatic rings. The summed E-state index contributed by atoms with van der Waals surface area (Å²) in [5.41, 5.74) is 3.43. The topological polar surface area (TPSA) is 149 Å². The van der Waals surface area contributed by atoms with Crippen LogP contribution in [-0.4, -0.2) is 38.6 Å². The molecule has 0 fully saturated rings. The van der Waals surface area contributed by atoms with Gasteiger partial charge in [-0.15, -0.1) is 0 Å². The van der Waals surface area contributed by atoms with E-state index in [0.717, 1.165) is 11.3 Å². The van der Waals surface area contributed by atoms with Crippen molar-refractivity contribution >= 4 is 46.2 Å². The molecule has 4 N–H and O–H groups in total. The number of nitriles is 1. The predicted octanol–water partition coefficient (Wildman–Crippen LogP) is 1.03. The number of anilines is 2. The summed E-state index contributed by atoms with van der Waals surface area (Å²) in [4.78, 5) is 41.7. The molecule has 10 nitrogen and oxygen atoms in total. The Morgan fingerprint density at radius 1 is 1.22 bits per heavy atom. The predicted molar refractivity (Wildman–Crippen MR) is 139 cm³/mol. The second-order valence-corrected chi connectivity index (χ2v) is 10.4. The molecule has 0 aromatic carbocycles. The lowest BCUT2D eigenvalue weighted by molar-refractivity contribution is -0.123. The molecular formula is C25H30N6O4S. The SMILES string of the molecule is CCn1c(=C=C(C#N)C(=O)NC(C)(C)CO)sc(=C=CNc2cccc(NC(=O)C(C)(C)C)n2)c1=O. The van der Waals surface area contributed by atoms with E-state index in [-0.39, 0.29) is 32.8 Å². The number of aliphatic hydroxyl groups is 1. The van der Waals surface area contributed by atoms with Crippen molar-refractivity contribution in [3.8, 4) is 6.07 Å². The second kappa shape index (κ2) is 11.7. The van der Waals surface area contributed by atoms with E-state index in [2.05, 4.69) is 32.4 Å². The van der Waals surface area contributed by atoms with Crippen molar-refractivity contribution in [2.24, 2.45) is 5.41 Å². The number of nitrogens with one attached hydrogen (secondary N) is 3. The molecule has 2 amide bonds. The molecule has 0 spiro atoms. The maximum Gasteiger partial charge on any atom is 0.277 e. The molecule has 0 radical (unpaired) electrons. The molecular weight excluding hydrogens is 480 g/mol. The Morgan fingerprint density at radius 3 is 2.47 bits per heavy atom. The van der Waals surface area contributed by atoms with Crippen molar-refractivity contribution < 1.29 is 14.7 Å². The van der Waals surface area contributed by atoms with Crippen LogP contribution < -0.4 is 30.7 Å². The molecule has 11 heteroatoms. The molecule has 0 aliphatic rings. The van der Waals surface area contributed by atoms with E-state index in [1.165, 1.54) is 10.8 Å². The zero-order valence-corrected chi connectivity index (χ0v) is 22.0. The highest BCUT2D eigenvalue weighted by Gasteiger charge is 2.22. The lowest BCUT2D eigenvalue weighted by Gasteiger charge is -2.22. The highest BCUT2D eigenvalue weighted by molar-refractivity contribution is 7.07. The maximum absolute atomic E-state index is 12.8. The number of amides is 2. The van der Waals surface area contributed by atoms with E-state index < -0.39 is 16.9 Å². The van der Waals surface area contributed by atoms with Crippen LogP contribution in [0.2, 0.25) is 0 Å². The number of rotatable bonds is 7. The molecule has 0 aliphatic heterocycles. The number of hydrogen-bond acceptors (Lipinski definition) is 8. The van der Waals surface area contributed by atoms with Crippen LogP contribution in [0.4, 0.5) is 11.6 Å². The number of aromatic nitrogens is 2. The van der Waals surface area contributed by atoms with Crippen molar-refractivity contribution in [3.63, 3.8) is 0 Å². The van der Waals surface area contributed by atoms with Gasteiger partial charge in [0, 0.05) is 18.2 Å². The third kappa shape index (κ3) is 7.54. The summed E-state index contributed by atoms with van der Waals surface area (Å²) >= 11 is 1.02. The van der Waals surface area contributed by atoms with Gasteiger partial charge in [-0.3, -0.25) is 19.0 Å². The van der Waals surface area contributed by atoms with E-state index in [1.54, 1.807) is 65.8 Å². The van der Waals surface area contributed by atoms with E-state index in [1.807, 2.05) is 0 Å². The lowest BCUT2D eigenvalue weighted by atomic mass is 9.96. The van der Waals surface area contributed by atoms with Gasteiger partial charge in [-0.1, -0.05) is 49.6 Å². The first-order chi connectivity index (χ1) is 16.8. The largest absolute Gasteiger partial charge is 0.394 e. The molecule has 2 rings (SSSR count). The second-order valence-electron chi connectivity index (χ2n) is 9.44. The molecule has 0 aliphatic carbocycles. The summed E-state index contributed by atoms with van der Waals surface area (Å²) in [6.07, 6.45) is 1.42. The normalized spacial score (nSPS) is 10.9. The van der Waals surface area contributed by atoms with Crippen molar-refractivity contribution in [1.82, 2.24) is 14.9 Å². The zero-order valence-electron chi connectivity index (χ0n) is 21.1. The first-order valence-electron chi connectivity index (χ1n) is 11.2. The molecule has 0 saturated heterocycles. The van der Waals surface area contributed by atoms with E-state index in [9.17, 15) is 24.8 Å². The van der Waals surface area contributed by atoms with Crippen LogP contribution >= 0.6 is 11.3 Å². The summed E-state index contributed by atoms with van der Waals surface area (Å²) in [6.45, 7) is 10.4. The fourth-order valence-corrected chi connectivity index (χ4v) is 3.58. The quantitative estimate of drug-likeness (QED) is 0.321. The molecule has 2 heterocycles. The van der Waals surface area contributed by atoms with Gasteiger partial charge >= 0.3 is 0 Å². The fraction of sp³-hybridized carbons (Fsp3) is 0.400. The summed E-state index contributed by atoms with van der Waals surface area (Å²) in [6, 6.07) is 6.88. The highest BCUT2D eigenvalue weighted by atomic mass is 32.1.